The Morgan fingerprint density at radius 1 is 1.25 bits per heavy atom. The summed E-state index contributed by atoms with van der Waals surface area (Å²) in [7, 11) is 3.81. The first-order valence-electron chi connectivity index (χ1n) is 8.39. The monoisotopic (exact) mass is 330 g/mol. The molecular formula is C19H26N2O3. The van der Waals surface area contributed by atoms with Crippen LogP contribution in [0.25, 0.3) is 11.5 Å². The van der Waals surface area contributed by atoms with Crippen LogP contribution in [0, 0.1) is 20.8 Å². The summed E-state index contributed by atoms with van der Waals surface area (Å²) in [4.78, 5) is 7.06. The first kappa shape index (κ1) is 17.0. The van der Waals surface area contributed by atoms with Crippen molar-refractivity contribution >= 4 is 0 Å². The molecule has 2 aromatic rings. The zero-order chi connectivity index (χ0) is 17.3. The molecule has 1 aliphatic rings. The summed E-state index contributed by atoms with van der Waals surface area (Å²) in [5.41, 5.74) is 4.19. The Bertz CT molecular complexity index is 718. The lowest BCUT2D eigenvalue weighted by Gasteiger charge is -2.21. The smallest absolute Gasteiger partial charge is 0.226 e. The zero-order valence-corrected chi connectivity index (χ0v) is 15.2. The lowest BCUT2D eigenvalue weighted by molar-refractivity contribution is 0.155. The first-order chi connectivity index (χ1) is 11.5. The maximum absolute atomic E-state index is 5.96. The van der Waals surface area contributed by atoms with Crippen molar-refractivity contribution < 1.29 is 13.9 Å². The van der Waals surface area contributed by atoms with E-state index in [4.69, 9.17) is 18.9 Å². The van der Waals surface area contributed by atoms with Crippen LogP contribution in [0.5, 0.6) is 5.75 Å². The lowest BCUT2D eigenvalue weighted by atomic mass is 10.0. The molecule has 5 nitrogen and oxygen atoms in total. The molecule has 0 amide bonds. The van der Waals surface area contributed by atoms with Crippen LogP contribution in [0.15, 0.2) is 16.5 Å². The molecule has 1 fully saturated rings. The Labute approximate surface area is 143 Å². The third kappa shape index (κ3) is 3.32. The molecule has 1 aromatic heterocycles. The zero-order valence-electron chi connectivity index (χ0n) is 15.2. The normalized spacial score (nSPS) is 17.7. The van der Waals surface area contributed by atoms with Crippen molar-refractivity contribution in [3.05, 3.63) is 34.7 Å². The van der Waals surface area contributed by atoms with Gasteiger partial charge in [-0.15, -0.1) is 0 Å². The summed E-state index contributed by atoms with van der Waals surface area (Å²) < 4.78 is 16.8. The van der Waals surface area contributed by atoms with Gasteiger partial charge in [0.1, 0.15) is 11.5 Å². The minimum absolute atomic E-state index is 0.467. The molecule has 5 heteroatoms. The Kier molecular flexibility index (Phi) is 4.92. The standard InChI is InChI=1S/C19H26N2O3/c1-12-9-18(22-5)13(2)8-16(12)19-20-17(14(3)24-19)10-21(4)15-6-7-23-11-15/h8-9,15H,6-7,10-11H2,1-5H3. The molecule has 1 saturated heterocycles. The molecule has 1 atom stereocenters. The molecule has 0 radical (unpaired) electrons. The minimum Gasteiger partial charge on any atom is -0.496 e. The van der Waals surface area contributed by atoms with Crippen LogP contribution >= 0.6 is 0 Å². The van der Waals surface area contributed by atoms with Crippen molar-refractivity contribution in [1.29, 1.82) is 0 Å². The van der Waals surface area contributed by atoms with Gasteiger partial charge in [-0.05, 0) is 57.5 Å². The summed E-state index contributed by atoms with van der Waals surface area (Å²) >= 11 is 0. The van der Waals surface area contributed by atoms with E-state index >= 15 is 0 Å². The van der Waals surface area contributed by atoms with Crippen LogP contribution in [0.4, 0.5) is 0 Å². The minimum atomic E-state index is 0.467. The van der Waals surface area contributed by atoms with Crippen LogP contribution in [0.3, 0.4) is 0 Å². The van der Waals surface area contributed by atoms with Crippen molar-refractivity contribution in [3.8, 4) is 17.2 Å². The number of hydrogen-bond donors (Lipinski definition) is 0. The van der Waals surface area contributed by atoms with Gasteiger partial charge in [-0.25, -0.2) is 4.98 Å². The molecule has 0 spiro atoms. The van der Waals surface area contributed by atoms with Crippen molar-refractivity contribution in [2.45, 2.75) is 39.8 Å². The molecule has 1 aromatic carbocycles. The summed E-state index contributed by atoms with van der Waals surface area (Å²) in [6.07, 6.45) is 1.08. The maximum Gasteiger partial charge on any atom is 0.226 e. The van der Waals surface area contributed by atoms with Gasteiger partial charge in [0.2, 0.25) is 5.89 Å². The number of ether oxygens (including phenoxy) is 2. The van der Waals surface area contributed by atoms with E-state index < -0.39 is 0 Å². The number of methoxy groups -OCH3 is 1. The average molecular weight is 330 g/mol. The van der Waals surface area contributed by atoms with Crippen LogP contribution in [0.1, 0.15) is 29.0 Å². The molecule has 0 bridgehead atoms. The fraction of sp³-hybridized carbons (Fsp3) is 0.526. The van der Waals surface area contributed by atoms with Crippen LogP contribution in [0.2, 0.25) is 0 Å². The van der Waals surface area contributed by atoms with E-state index in [1.54, 1.807) is 7.11 Å². The average Bonchev–Trinajstić information content (AvgIpc) is 3.20. The van der Waals surface area contributed by atoms with E-state index in [-0.39, 0.29) is 0 Å². The largest absolute Gasteiger partial charge is 0.496 e. The van der Waals surface area contributed by atoms with E-state index in [0.29, 0.717) is 11.9 Å². The fourth-order valence-corrected chi connectivity index (χ4v) is 3.16. The molecule has 0 N–H and O–H groups in total. The Morgan fingerprint density at radius 3 is 2.71 bits per heavy atom. The first-order valence-corrected chi connectivity index (χ1v) is 8.39. The van der Waals surface area contributed by atoms with Gasteiger partial charge in [0.25, 0.3) is 0 Å². The molecule has 0 aliphatic carbocycles. The summed E-state index contributed by atoms with van der Waals surface area (Å²) in [6, 6.07) is 4.58. The van der Waals surface area contributed by atoms with Crippen LogP contribution in [-0.2, 0) is 11.3 Å². The predicted molar refractivity (Wildman–Crippen MR) is 93.4 cm³/mol. The van der Waals surface area contributed by atoms with E-state index in [2.05, 4.69) is 24.9 Å². The van der Waals surface area contributed by atoms with Gasteiger partial charge in [-0.3, -0.25) is 4.90 Å². The van der Waals surface area contributed by atoms with Gasteiger partial charge in [-0.1, -0.05) is 0 Å². The van der Waals surface area contributed by atoms with Gasteiger partial charge in [-0.2, -0.15) is 0 Å². The molecule has 1 aliphatic heterocycles. The van der Waals surface area contributed by atoms with Gasteiger partial charge in [0, 0.05) is 24.8 Å². The van der Waals surface area contributed by atoms with Gasteiger partial charge in [0.05, 0.1) is 19.4 Å². The molecule has 0 saturated carbocycles. The quantitative estimate of drug-likeness (QED) is 0.840. The van der Waals surface area contributed by atoms with E-state index in [0.717, 1.165) is 60.1 Å². The number of benzene rings is 1. The van der Waals surface area contributed by atoms with Crippen molar-refractivity contribution in [2.24, 2.45) is 0 Å². The number of rotatable bonds is 5. The highest BCUT2D eigenvalue weighted by Crippen LogP contribution is 2.31. The SMILES string of the molecule is COc1cc(C)c(-c2nc(CN(C)C3CCOC3)c(C)o2)cc1C. The van der Waals surface area contributed by atoms with E-state index in [1.807, 2.05) is 19.9 Å². The second kappa shape index (κ2) is 6.95. The van der Waals surface area contributed by atoms with Crippen LogP contribution < -0.4 is 4.74 Å². The van der Waals surface area contributed by atoms with Gasteiger partial charge >= 0.3 is 0 Å². The topological polar surface area (TPSA) is 47.7 Å². The second-order valence-corrected chi connectivity index (χ2v) is 6.59. The summed E-state index contributed by atoms with van der Waals surface area (Å²) in [6.45, 7) is 8.50. The van der Waals surface area contributed by atoms with Gasteiger partial charge in [0.15, 0.2) is 0 Å². The molecule has 2 heterocycles. The molecule has 1 unspecified atom stereocenters. The van der Waals surface area contributed by atoms with Crippen LogP contribution in [-0.4, -0.2) is 43.3 Å². The highest BCUT2D eigenvalue weighted by Gasteiger charge is 2.23. The van der Waals surface area contributed by atoms with Crippen molar-refractivity contribution in [2.75, 3.05) is 27.4 Å². The van der Waals surface area contributed by atoms with Crippen molar-refractivity contribution in [1.82, 2.24) is 9.88 Å². The second-order valence-electron chi connectivity index (χ2n) is 6.59. The maximum atomic E-state index is 5.96. The molecule has 24 heavy (non-hydrogen) atoms. The highest BCUT2D eigenvalue weighted by atomic mass is 16.5. The Hall–Kier alpha value is -1.85. The third-order valence-corrected chi connectivity index (χ3v) is 4.79. The van der Waals surface area contributed by atoms with E-state index in [9.17, 15) is 0 Å². The Balaban J connectivity index is 1.84. The number of hydrogen-bond acceptors (Lipinski definition) is 5. The van der Waals surface area contributed by atoms with Gasteiger partial charge < -0.3 is 13.9 Å². The number of nitrogens with zero attached hydrogens (tertiary/aromatic N) is 2. The number of likely N-dealkylation sites (N-methyl/N-ethyl adjacent to an activating group) is 1. The Morgan fingerprint density at radius 2 is 2.04 bits per heavy atom. The summed E-state index contributed by atoms with van der Waals surface area (Å²) in [5.74, 6) is 2.45. The number of aryl methyl sites for hydroxylation is 3. The predicted octanol–water partition coefficient (Wildman–Crippen LogP) is 3.50. The number of oxazole rings is 1. The fourth-order valence-electron chi connectivity index (χ4n) is 3.16. The number of aromatic nitrogens is 1. The highest BCUT2D eigenvalue weighted by molar-refractivity contribution is 5.62. The van der Waals surface area contributed by atoms with E-state index in [1.165, 1.54) is 0 Å². The molecule has 130 valence electrons. The molecule has 3 rings (SSSR count). The lowest BCUT2D eigenvalue weighted by Crippen LogP contribution is -2.31. The third-order valence-electron chi connectivity index (χ3n) is 4.79. The molecular weight excluding hydrogens is 304 g/mol. The summed E-state index contributed by atoms with van der Waals surface area (Å²) in [5, 5.41) is 0. The van der Waals surface area contributed by atoms with Crippen molar-refractivity contribution in [3.63, 3.8) is 0 Å².